The Morgan fingerprint density at radius 1 is 1.19 bits per heavy atom. The van der Waals surface area contributed by atoms with E-state index in [9.17, 15) is 9.59 Å². The fourth-order valence-electron chi connectivity index (χ4n) is 3.04. The lowest BCUT2D eigenvalue weighted by Crippen LogP contribution is -2.35. The van der Waals surface area contributed by atoms with Crippen LogP contribution in [0.2, 0.25) is 5.02 Å². The monoisotopic (exact) mass is 381 g/mol. The van der Waals surface area contributed by atoms with E-state index in [4.69, 9.17) is 16.3 Å². The molecule has 0 saturated carbocycles. The van der Waals surface area contributed by atoms with Gasteiger partial charge in [-0.1, -0.05) is 29.8 Å². The number of para-hydroxylation sites is 1. The Labute approximate surface area is 160 Å². The highest BCUT2D eigenvalue weighted by atomic mass is 35.5. The largest absolute Gasteiger partial charge is 0.493 e. The summed E-state index contributed by atoms with van der Waals surface area (Å²) >= 11 is 5.87. The molecule has 27 heavy (non-hydrogen) atoms. The summed E-state index contributed by atoms with van der Waals surface area (Å²) in [5, 5.41) is 3.49. The number of hydrogen-bond acceptors (Lipinski definition) is 4. The number of aromatic nitrogens is 2. The summed E-state index contributed by atoms with van der Waals surface area (Å²) in [7, 11) is 0. The maximum absolute atomic E-state index is 12.6. The van der Waals surface area contributed by atoms with E-state index >= 15 is 0 Å². The van der Waals surface area contributed by atoms with E-state index in [0.717, 1.165) is 11.3 Å². The maximum Gasteiger partial charge on any atom is 0.264 e. The van der Waals surface area contributed by atoms with Gasteiger partial charge in [-0.2, -0.15) is 0 Å². The highest BCUT2D eigenvalue weighted by Gasteiger charge is 2.24. The van der Waals surface area contributed by atoms with Crippen LogP contribution in [0.15, 0.2) is 59.5 Å². The van der Waals surface area contributed by atoms with Crippen molar-refractivity contribution in [1.82, 2.24) is 15.3 Å². The van der Waals surface area contributed by atoms with Crippen molar-refractivity contribution in [2.45, 2.75) is 12.5 Å². The molecule has 0 radical (unpaired) electrons. The summed E-state index contributed by atoms with van der Waals surface area (Å²) < 4.78 is 5.60. The predicted molar refractivity (Wildman–Crippen MR) is 102 cm³/mol. The van der Waals surface area contributed by atoms with Gasteiger partial charge in [0.1, 0.15) is 17.1 Å². The molecule has 0 saturated heterocycles. The zero-order valence-corrected chi connectivity index (χ0v) is 15.0. The van der Waals surface area contributed by atoms with E-state index in [2.05, 4.69) is 15.3 Å². The van der Waals surface area contributed by atoms with Crippen molar-refractivity contribution in [2.24, 2.45) is 0 Å². The summed E-state index contributed by atoms with van der Waals surface area (Å²) in [6.45, 7) is 0.506. The number of hydrogen-bond donors (Lipinski definition) is 2. The number of carbonyl (C=O) groups is 1. The predicted octanol–water partition coefficient (Wildman–Crippen LogP) is 3.34. The summed E-state index contributed by atoms with van der Waals surface area (Å²) in [5.41, 5.74) is 1.09. The summed E-state index contributed by atoms with van der Waals surface area (Å²) in [6.07, 6.45) is 1.93. The van der Waals surface area contributed by atoms with E-state index in [1.165, 1.54) is 6.20 Å². The van der Waals surface area contributed by atoms with Crippen LogP contribution in [0.5, 0.6) is 5.75 Å². The summed E-state index contributed by atoms with van der Waals surface area (Å²) in [6, 6.07) is 14.3. The molecular formula is C20H16ClN3O3. The van der Waals surface area contributed by atoms with Crippen molar-refractivity contribution in [3.05, 3.63) is 81.2 Å². The second-order valence-electron chi connectivity index (χ2n) is 6.18. The molecule has 0 aliphatic carbocycles. The average molecular weight is 382 g/mol. The number of fused-ring (bicyclic) bond motifs is 1. The molecule has 1 amide bonds. The number of amides is 1. The SMILES string of the molecule is O=C(NC1CCOc2ccccc21)c1cnc(-c2ccc(Cl)cc2)[nH]c1=O. The maximum atomic E-state index is 12.6. The number of nitrogens with one attached hydrogen (secondary N) is 2. The second-order valence-corrected chi connectivity index (χ2v) is 6.62. The molecule has 1 unspecified atom stereocenters. The van der Waals surface area contributed by atoms with Gasteiger partial charge in [0.2, 0.25) is 0 Å². The standard InChI is InChI=1S/C20H16ClN3O3/c21-13-7-5-12(6-8-13)18-22-11-15(20(26)24-18)19(25)23-16-9-10-27-17-4-2-1-3-14(16)17/h1-8,11,16H,9-10H2,(H,23,25)(H,22,24,26). The van der Waals surface area contributed by atoms with Crippen LogP contribution in [0.4, 0.5) is 0 Å². The van der Waals surface area contributed by atoms with Crippen LogP contribution < -0.4 is 15.6 Å². The van der Waals surface area contributed by atoms with Gasteiger partial charge in [0.25, 0.3) is 11.5 Å². The lowest BCUT2D eigenvalue weighted by molar-refractivity contribution is 0.0923. The fourth-order valence-corrected chi connectivity index (χ4v) is 3.17. The van der Waals surface area contributed by atoms with E-state index < -0.39 is 11.5 Å². The minimum Gasteiger partial charge on any atom is -0.493 e. The lowest BCUT2D eigenvalue weighted by Gasteiger charge is -2.26. The Kier molecular flexibility index (Phi) is 4.64. The van der Waals surface area contributed by atoms with Crippen LogP contribution in [0, 0.1) is 0 Å². The normalized spacial score (nSPS) is 15.5. The molecule has 2 N–H and O–H groups in total. The third-order valence-electron chi connectivity index (χ3n) is 4.43. The van der Waals surface area contributed by atoms with E-state index in [0.29, 0.717) is 29.4 Å². The number of nitrogens with zero attached hydrogens (tertiary/aromatic N) is 1. The summed E-state index contributed by atoms with van der Waals surface area (Å²) in [4.78, 5) is 31.9. The minimum atomic E-state index is -0.493. The average Bonchev–Trinajstić information content (AvgIpc) is 2.68. The topological polar surface area (TPSA) is 84.1 Å². The van der Waals surface area contributed by atoms with Crippen LogP contribution in [-0.4, -0.2) is 22.5 Å². The van der Waals surface area contributed by atoms with Crippen molar-refractivity contribution < 1.29 is 9.53 Å². The molecule has 1 aromatic heterocycles. The Bertz CT molecular complexity index is 1050. The molecule has 6 nitrogen and oxygen atoms in total. The Morgan fingerprint density at radius 3 is 2.74 bits per heavy atom. The molecule has 1 aliphatic heterocycles. The third-order valence-corrected chi connectivity index (χ3v) is 4.68. The third kappa shape index (κ3) is 3.57. The van der Waals surface area contributed by atoms with Crippen LogP contribution in [-0.2, 0) is 0 Å². The van der Waals surface area contributed by atoms with Gasteiger partial charge < -0.3 is 15.0 Å². The molecule has 0 spiro atoms. The molecule has 0 bridgehead atoms. The number of benzene rings is 2. The molecular weight excluding hydrogens is 366 g/mol. The van der Waals surface area contributed by atoms with Crippen LogP contribution in [0.25, 0.3) is 11.4 Å². The van der Waals surface area contributed by atoms with Crippen molar-refractivity contribution in [3.8, 4) is 17.1 Å². The highest BCUT2D eigenvalue weighted by molar-refractivity contribution is 6.30. The van der Waals surface area contributed by atoms with Crippen molar-refractivity contribution >= 4 is 17.5 Å². The first-order valence-electron chi connectivity index (χ1n) is 8.49. The van der Waals surface area contributed by atoms with E-state index in [1.54, 1.807) is 24.3 Å². The smallest absolute Gasteiger partial charge is 0.264 e. The summed E-state index contributed by atoms with van der Waals surface area (Å²) in [5.74, 6) is 0.664. The molecule has 1 atom stereocenters. The molecule has 2 heterocycles. The van der Waals surface area contributed by atoms with Crippen molar-refractivity contribution in [3.63, 3.8) is 0 Å². The Morgan fingerprint density at radius 2 is 1.96 bits per heavy atom. The van der Waals surface area contributed by atoms with Gasteiger partial charge in [0.15, 0.2) is 0 Å². The number of aromatic amines is 1. The van der Waals surface area contributed by atoms with Gasteiger partial charge in [-0.25, -0.2) is 4.98 Å². The number of carbonyl (C=O) groups excluding carboxylic acids is 1. The molecule has 3 aromatic rings. The van der Waals surface area contributed by atoms with Gasteiger partial charge >= 0.3 is 0 Å². The van der Waals surface area contributed by atoms with Gasteiger partial charge in [-0.3, -0.25) is 9.59 Å². The van der Waals surface area contributed by atoms with Crippen LogP contribution >= 0.6 is 11.6 Å². The first-order chi connectivity index (χ1) is 13.1. The van der Waals surface area contributed by atoms with E-state index in [1.807, 2.05) is 24.3 Å². The zero-order chi connectivity index (χ0) is 18.8. The molecule has 7 heteroatoms. The molecule has 1 aliphatic rings. The van der Waals surface area contributed by atoms with Crippen molar-refractivity contribution in [1.29, 1.82) is 0 Å². The lowest BCUT2D eigenvalue weighted by atomic mass is 10.0. The van der Waals surface area contributed by atoms with E-state index in [-0.39, 0.29) is 11.6 Å². The number of halogens is 1. The van der Waals surface area contributed by atoms with Gasteiger partial charge in [0.05, 0.1) is 12.6 Å². The van der Waals surface area contributed by atoms with Gasteiger partial charge in [0, 0.05) is 28.8 Å². The van der Waals surface area contributed by atoms with Gasteiger partial charge in [-0.15, -0.1) is 0 Å². The quantitative estimate of drug-likeness (QED) is 0.728. The number of ether oxygens (including phenoxy) is 1. The minimum absolute atomic E-state index is 0.0308. The Balaban J connectivity index is 1.56. The Hall–Kier alpha value is -3.12. The first-order valence-corrected chi connectivity index (χ1v) is 8.87. The highest BCUT2D eigenvalue weighted by Crippen LogP contribution is 2.31. The van der Waals surface area contributed by atoms with Crippen LogP contribution in [0.1, 0.15) is 28.4 Å². The van der Waals surface area contributed by atoms with Gasteiger partial charge in [-0.05, 0) is 30.3 Å². The first kappa shape index (κ1) is 17.3. The second kappa shape index (κ2) is 7.25. The number of rotatable bonds is 3. The fraction of sp³-hybridized carbons (Fsp3) is 0.150. The zero-order valence-electron chi connectivity index (χ0n) is 14.2. The molecule has 0 fully saturated rings. The molecule has 4 rings (SSSR count). The van der Waals surface area contributed by atoms with Crippen molar-refractivity contribution in [2.75, 3.05) is 6.61 Å². The molecule has 2 aromatic carbocycles. The number of H-pyrrole nitrogens is 1. The van der Waals surface area contributed by atoms with Crippen LogP contribution in [0.3, 0.4) is 0 Å². The molecule has 136 valence electrons.